The molecule has 3 heterocycles. The number of amides is 1. The molecule has 0 radical (unpaired) electrons. The van der Waals surface area contributed by atoms with Crippen LogP contribution in [0.5, 0.6) is 0 Å². The molecule has 1 fully saturated rings. The number of nitrogens with one attached hydrogen (secondary N) is 1. The highest BCUT2D eigenvalue weighted by Crippen LogP contribution is 2.47. The Labute approximate surface area is 157 Å². The Morgan fingerprint density at radius 3 is 2.76 bits per heavy atom. The number of halogens is 1. The molecule has 0 unspecified atom stereocenters. The molecule has 0 atom stereocenters. The van der Waals surface area contributed by atoms with Gasteiger partial charge in [0.2, 0.25) is 5.71 Å². The molecule has 0 aromatic carbocycles. The van der Waals surface area contributed by atoms with Crippen LogP contribution >= 0.6 is 22.9 Å². The third kappa shape index (κ3) is 2.75. The van der Waals surface area contributed by atoms with Gasteiger partial charge in [0.1, 0.15) is 18.4 Å². The summed E-state index contributed by atoms with van der Waals surface area (Å²) in [4.78, 5) is 25.5. The molecule has 1 saturated carbocycles. The molecule has 1 aliphatic rings. The number of carbonyl (C=O) groups is 1. The number of hydrogen-bond donors (Lipinski definition) is 1. The average Bonchev–Trinajstić information content (AvgIpc) is 3.03. The first-order chi connectivity index (χ1) is 11.9. The molecule has 0 bridgehead atoms. The van der Waals surface area contributed by atoms with Crippen LogP contribution in [0.1, 0.15) is 41.6 Å². The summed E-state index contributed by atoms with van der Waals surface area (Å²) >= 11 is 2.24. The van der Waals surface area contributed by atoms with E-state index in [4.69, 9.17) is 8.83 Å². The minimum Gasteiger partial charge on any atom is -0.442 e. The van der Waals surface area contributed by atoms with Gasteiger partial charge in [0.25, 0.3) is 5.91 Å². The van der Waals surface area contributed by atoms with Crippen molar-refractivity contribution >= 4 is 51.7 Å². The fourth-order valence-corrected chi connectivity index (χ4v) is 3.50. The van der Waals surface area contributed by atoms with E-state index in [9.17, 15) is 4.79 Å². The zero-order chi connectivity index (χ0) is 17.8. The quantitative estimate of drug-likeness (QED) is 0.474. The predicted molar refractivity (Wildman–Crippen MR) is 99.9 cm³/mol. The lowest BCUT2D eigenvalue weighted by molar-refractivity contribution is 0.102. The molecule has 8 nitrogen and oxygen atoms in total. The normalized spacial score (nSPS) is 15.4. The Hall–Kier alpha value is -2.17. The highest BCUT2D eigenvalue weighted by Gasteiger charge is 2.44. The Balaban J connectivity index is 1.80. The number of anilines is 2. The first kappa shape index (κ1) is 16.3. The van der Waals surface area contributed by atoms with Crippen molar-refractivity contribution in [3.05, 3.63) is 29.6 Å². The van der Waals surface area contributed by atoms with Crippen molar-refractivity contribution in [3.63, 3.8) is 0 Å². The van der Waals surface area contributed by atoms with Gasteiger partial charge < -0.3 is 8.83 Å². The zero-order valence-corrected chi connectivity index (χ0v) is 16.1. The van der Waals surface area contributed by atoms with Gasteiger partial charge in [-0.25, -0.2) is 9.97 Å². The summed E-state index contributed by atoms with van der Waals surface area (Å²) in [6, 6.07) is 0.148. The van der Waals surface area contributed by atoms with Crippen LogP contribution in [0, 0.1) is 13.8 Å². The van der Waals surface area contributed by atoms with Crippen molar-refractivity contribution in [2.24, 2.45) is 0 Å². The molecule has 1 N–H and O–H groups in total. The SMILES string of the molecule is Cc1coc(NC(=O)c2c(C)oc3ncnc(N(I)C4(C)CC4)c23)n1. The smallest absolute Gasteiger partial charge is 0.301 e. The van der Waals surface area contributed by atoms with E-state index >= 15 is 0 Å². The largest absolute Gasteiger partial charge is 0.442 e. The van der Waals surface area contributed by atoms with Crippen LogP contribution in [0.4, 0.5) is 11.8 Å². The minimum absolute atomic E-state index is 0.0421. The van der Waals surface area contributed by atoms with Gasteiger partial charge in [-0.1, -0.05) is 0 Å². The average molecular weight is 453 g/mol. The number of aryl methyl sites for hydroxylation is 2. The van der Waals surface area contributed by atoms with Crippen LogP contribution in [0.2, 0.25) is 0 Å². The number of fused-ring (bicyclic) bond motifs is 1. The molecular weight excluding hydrogens is 437 g/mol. The van der Waals surface area contributed by atoms with E-state index in [2.05, 4.69) is 53.2 Å². The van der Waals surface area contributed by atoms with E-state index in [1.54, 1.807) is 13.8 Å². The molecule has 0 spiro atoms. The Bertz CT molecular complexity index is 975. The first-order valence-electron chi connectivity index (χ1n) is 7.83. The zero-order valence-electron chi connectivity index (χ0n) is 14.0. The third-order valence-corrected chi connectivity index (χ3v) is 5.97. The molecular formula is C16H16IN5O3. The molecule has 0 aliphatic heterocycles. The molecule has 130 valence electrons. The lowest BCUT2D eigenvalue weighted by Crippen LogP contribution is -2.26. The monoisotopic (exact) mass is 453 g/mol. The number of rotatable bonds is 4. The molecule has 0 saturated heterocycles. The Morgan fingerprint density at radius 1 is 1.36 bits per heavy atom. The van der Waals surface area contributed by atoms with Gasteiger partial charge in [-0.05, 0) is 33.6 Å². The van der Waals surface area contributed by atoms with Gasteiger partial charge in [-0.3, -0.25) is 13.2 Å². The molecule has 1 aliphatic carbocycles. The summed E-state index contributed by atoms with van der Waals surface area (Å²) in [5.74, 6) is 0.791. The number of aromatic nitrogens is 3. The van der Waals surface area contributed by atoms with Gasteiger partial charge in [0.15, 0.2) is 5.82 Å². The van der Waals surface area contributed by atoms with E-state index in [1.807, 2.05) is 0 Å². The van der Waals surface area contributed by atoms with E-state index < -0.39 is 0 Å². The van der Waals surface area contributed by atoms with E-state index in [0.29, 0.717) is 33.9 Å². The van der Waals surface area contributed by atoms with Gasteiger partial charge in [-0.2, -0.15) is 4.98 Å². The summed E-state index contributed by atoms with van der Waals surface area (Å²) in [6.45, 7) is 5.68. The first-order valence-corrected chi connectivity index (χ1v) is 8.79. The second-order valence-corrected chi connectivity index (χ2v) is 7.40. The summed E-state index contributed by atoms with van der Waals surface area (Å²) in [5.41, 5.74) is 1.52. The Morgan fingerprint density at radius 2 is 2.12 bits per heavy atom. The van der Waals surface area contributed by atoms with Gasteiger partial charge in [0, 0.05) is 5.54 Å². The van der Waals surface area contributed by atoms with Crippen LogP contribution in [-0.4, -0.2) is 26.4 Å². The highest BCUT2D eigenvalue weighted by atomic mass is 127. The number of nitrogens with zero attached hydrogens (tertiary/aromatic N) is 4. The van der Waals surface area contributed by atoms with Crippen molar-refractivity contribution in [2.75, 3.05) is 8.43 Å². The van der Waals surface area contributed by atoms with Gasteiger partial charge >= 0.3 is 6.01 Å². The maximum Gasteiger partial charge on any atom is 0.301 e. The maximum atomic E-state index is 12.8. The lowest BCUT2D eigenvalue weighted by Gasteiger charge is -2.23. The molecule has 1 amide bonds. The summed E-state index contributed by atoms with van der Waals surface area (Å²) in [6.07, 6.45) is 5.09. The topological polar surface area (TPSA) is 97.3 Å². The van der Waals surface area contributed by atoms with Crippen molar-refractivity contribution < 1.29 is 13.6 Å². The summed E-state index contributed by atoms with van der Waals surface area (Å²) < 4.78 is 13.0. The summed E-state index contributed by atoms with van der Waals surface area (Å²) in [5, 5.41) is 3.27. The molecule has 25 heavy (non-hydrogen) atoms. The van der Waals surface area contributed by atoms with Crippen LogP contribution in [0.15, 0.2) is 21.4 Å². The van der Waals surface area contributed by atoms with E-state index in [1.165, 1.54) is 12.6 Å². The molecule has 4 rings (SSSR count). The standard InChI is InChI=1S/C16H16IN5O3/c1-8-6-24-15(20-8)21-13(23)10-9(2)25-14-11(10)12(18-7-19-14)22(17)16(3)4-5-16/h6-7H,4-5H2,1-3H3,(H,20,21,23). The van der Waals surface area contributed by atoms with Crippen LogP contribution in [-0.2, 0) is 0 Å². The van der Waals surface area contributed by atoms with Crippen molar-refractivity contribution in [2.45, 2.75) is 39.2 Å². The fraction of sp³-hybridized carbons (Fsp3) is 0.375. The van der Waals surface area contributed by atoms with Crippen molar-refractivity contribution in [1.82, 2.24) is 15.0 Å². The Kier molecular flexibility index (Phi) is 3.71. The minimum atomic E-state index is -0.361. The lowest BCUT2D eigenvalue weighted by atomic mass is 10.1. The molecule has 9 heteroatoms. The number of hydrogen-bond acceptors (Lipinski definition) is 7. The predicted octanol–water partition coefficient (Wildman–Crippen LogP) is 3.79. The van der Waals surface area contributed by atoms with Crippen LogP contribution < -0.4 is 8.43 Å². The van der Waals surface area contributed by atoms with Gasteiger partial charge in [-0.15, -0.1) is 0 Å². The maximum absolute atomic E-state index is 12.8. The number of carbonyl (C=O) groups excluding carboxylic acids is 1. The van der Waals surface area contributed by atoms with Crippen molar-refractivity contribution in [1.29, 1.82) is 0 Å². The van der Waals surface area contributed by atoms with Crippen LogP contribution in [0.3, 0.4) is 0 Å². The third-order valence-electron chi connectivity index (χ3n) is 4.34. The molecule has 3 aromatic heterocycles. The summed E-state index contributed by atoms with van der Waals surface area (Å²) in [7, 11) is 0. The van der Waals surface area contributed by atoms with E-state index in [-0.39, 0.29) is 17.5 Å². The second kappa shape index (κ2) is 5.68. The second-order valence-electron chi connectivity index (χ2n) is 6.44. The van der Waals surface area contributed by atoms with Gasteiger partial charge in [0.05, 0.1) is 39.5 Å². The highest BCUT2D eigenvalue weighted by molar-refractivity contribution is 14.1. The number of oxazole rings is 1. The van der Waals surface area contributed by atoms with Crippen molar-refractivity contribution in [3.8, 4) is 0 Å². The van der Waals surface area contributed by atoms with E-state index in [0.717, 1.165) is 12.8 Å². The number of furan rings is 1. The molecule has 3 aromatic rings. The fourth-order valence-electron chi connectivity index (χ4n) is 2.66. The van der Waals surface area contributed by atoms with Crippen LogP contribution in [0.25, 0.3) is 11.1 Å².